The highest BCUT2D eigenvalue weighted by atomic mass is 35.5. The van der Waals surface area contributed by atoms with Gasteiger partial charge in [0.2, 0.25) is 17.6 Å². The molecule has 0 aliphatic carbocycles. The first-order chi connectivity index (χ1) is 15.0. The van der Waals surface area contributed by atoms with Gasteiger partial charge in [-0.05, 0) is 37.6 Å². The Bertz CT molecular complexity index is 1100. The SMILES string of the molecule is O=C(Nc1cccc([N+](=O)[O-])c1)C1CCCN(Cc2nc(-c3ccccc3Cl)no2)C1. The third-order valence-corrected chi connectivity index (χ3v) is 5.47. The number of amides is 1. The number of likely N-dealkylation sites (tertiary alicyclic amines) is 1. The summed E-state index contributed by atoms with van der Waals surface area (Å²) in [5, 5.41) is 18.3. The molecule has 1 aromatic heterocycles. The smallest absolute Gasteiger partial charge is 0.271 e. The molecule has 1 atom stereocenters. The van der Waals surface area contributed by atoms with Crippen LogP contribution in [0.15, 0.2) is 53.1 Å². The van der Waals surface area contributed by atoms with E-state index in [1.54, 1.807) is 18.2 Å². The highest BCUT2D eigenvalue weighted by Gasteiger charge is 2.27. The van der Waals surface area contributed by atoms with E-state index in [1.807, 2.05) is 18.2 Å². The fourth-order valence-electron chi connectivity index (χ4n) is 3.62. The fourth-order valence-corrected chi connectivity index (χ4v) is 3.84. The number of piperidine rings is 1. The second-order valence-corrected chi connectivity index (χ2v) is 7.77. The van der Waals surface area contributed by atoms with Crippen molar-refractivity contribution in [2.75, 3.05) is 18.4 Å². The van der Waals surface area contributed by atoms with E-state index < -0.39 is 4.92 Å². The van der Waals surface area contributed by atoms with Gasteiger partial charge in [0, 0.05) is 29.9 Å². The minimum Gasteiger partial charge on any atom is -0.338 e. The first-order valence-electron chi connectivity index (χ1n) is 9.85. The molecule has 1 N–H and O–H groups in total. The van der Waals surface area contributed by atoms with Gasteiger partial charge in [0.1, 0.15) is 0 Å². The van der Waals surface area contributed by atoms with Crippen molar-refractivity contribution >= 4 is 28.9 Å². The molecule has 0 bridgehead atoms. The summed E-state index contributed by atoms with van der Waals surface area (Å²) in [4.78, 5) is 29.7. The van der Waals surface area contributed by atoms with Crippen molar-refractivity contribution in [3.8, 4) is 11.4 Å². The Balaban J connectivity index is 1.38. The Morgan fingerprint density at radius 3 is 2.94 bits per heavy atom. The first-order valence-corrected chi connectivity index (χ1v) is 10.2. The van der Waals surface area contributed by atoms with Crippen LogP contribution in [0.25, 0.3) is 11.4 Å². The van der Waals surface area contributed by atoms with Crippen LogP contribution in [-0.2, 0) is 11.3 Å². The van der Waals surface area contributed by atoms with Crippen molar-refractivity contribution in [1.82, 2.24) is 15.0 Å². The predicted octanol–water partition coefficient (Wildman–Crippen LogP) is 4.15. The van der Waals surface area contributed by atoms with Crippen LogP contribution in [0.2, 0.25) is 5.02 Å². The Labute approximate surface area is 183 Å². The molecule has 1 fully saturated rings. The molecule has 1 aliphatic heterocycles. The van der Waals surface area contributed by atoms with Gasteiger partial charge in [-0.25, -0.2) is 0 Å². The number of aromatic nitrogens is 2. The lowest BCUT2D eigenvalue weighted by atomic mass is 9.97. The molecule has 1 aliphatic rings. The highest BCUT2D eigenvalue weighted by Crippen LogP contribution is 2.26. The van der Waals surface area contributed by atoms with Crippen molar-refractivity contribution in [1.29, 1.82) is 0 Å². The van der Waals surface area contributed by atoms with Crippen molar-refractivity contribution < 1.29 is 14.2 Å². The molecule has 1 unspecified atom stereocenters. The second kappa shape index (κ2) is 9.23. The van der Waals surface area contributed by atoms with E-state index in [-0.39, 0.29) is 17.5 Å². The Morgan fingerprint density at radius 2 is 2.13 bits per heavy atom. The molecule has 10 heteroatoms. The van der Waals surface area contributed by atoms with Gasteiger partial charge in [-0.2, -0.15) is 4.98 Å². The average Bonchev–Trinajstić information content (AvgIpc) is 3.22. The van der Waals surface area contributed by atoms with Crippen LogP contribution in [0.3, 0.4) is 0 Å². The molecule has 1 amide bonds. The Kier molecular flexibility index (Phi) is 6.24. The van der Waals surface area contributed by atoms with Crippen LogP contribution >= 0.6 is 11.6 Å². The van der Waals surface area contributed by atoms with E-state index in [0.29, 0.717) is 41.1 Å². The lowest BCUT2D eigenvalue weighted by Gasteiger charge is -2.30. The highest BCUT2D eigenvalue weighted by molar-refractivity contribution is 6.33. The summed E-state index contributed by atoms with van der Waals surface area (Å²) >= 11 is 6.19. The number of nitrogens with one attached hydrogen (secondary N) is 1. The monoisotopic (exact) mass is 441 g/mol. The Morgan fingerprint density at radius 1 is 1.29 bits per heavy atom. The molecule has 0 radical (unpaired) electrons. The summed E-state index contributed by atoms with van der Waals surface area (Å²) in [6.45, 7) is 1.77. The zero-order chi connectivity index (χ0) is 21.8. The largest absolute Gasteiger partial charge is 0.338 e. The molecule has 1 saturated heterocycles. The maximum absolute atomic E-state index is 12.7. The first kappa shape index (κ1) is 21.0. The number of halogens is 1. The van der Waals surface area contributed by atoms with Gasteiger partial charge in [0.15, 0.2) is 0 Å². The van der Waals surface area contributed by atoms with Crippen LogP contribution in [-0.4, -0.2) is 39.0 Å². The number of benzene rings is 2. The minimum atomic E-state index is -0.487. The molecule has 4 rings (SSSR count). The number of nitrogens with zero attached hydrogens (tertiary/aromatic N) is 4. The van der Waals surface area contributed by atoms with E-state index in [4.69, 9.17) is 16.1 Å². The number of hydrogen-bond acceptors (Lipinski definition) is 7. The quantitative estimate of drug-likeness (QED) is 0.451. The number of carbonyl (C=O) groups excluding carboxylic acids is 1. The summed E-state index contributed by atoms with van der Waals surface area (Å²) in [6, 6.07) is 13.2. The van der Waals surface area contributed by atoms with E-state index in [0.717, 1.165) is 19.4 Å². The number of carbonyl (C=O) groups is 1. The summed E-state index contributed by atoms with van der Waals surface area (Å²) in [7, 11) is 0. The predicted molar refractivity (Wildman–Crippen MR) is 114 cm³/mol. The molecular formula is C21H20ClN5O4. The molecule has 160 valence electrons. The van der Waals surface area contributed by atoms with E-state index in [1.165, 1.54) is 12.1 Å². The number of nitro groups is 1. The normalized spacial score (nSPS) is 16.7. The van der Waals surface area contributed by atoms with E-state index >= 15 is 0 Å². The van der Waals surface area contributed by atoms with E-state index in [9.17, 15) is 14.9 Å². The third kappa shape index (κ3) is 5.07. The van der Waals surface area contributed by atoms with Crippen molar-refractivity contribution in [3.63, 3.8) is 0 Å². The van der Waals surface area contributed by atoms with Crippen LogP contribution < -0.4 is 5.32 Å². The molecule has 0 saturated carbocycles. The topological polar surface area (TPSA) is 114 Å². The molecule has 2 heterocycles. The lowest BCUT2D eigenvalue weighted by molar-refractivity contribution is -0.384. The maximum atomic E-state index is 12.7. The molecule has 3 aromatic rings. The van der Waals surface area contributed by atoms with Crippen LogP contribution in [0.1, 0.15) is 18.7 Å². The van der Waals surface area contributed by atoms with Crippen LogP contribution in [0.4, 0.5) is 11.4 Å². The molecular weight excluding hydrogens is 422 g/mol. The molecule has 2 aromatic carbocycles. The van der Waals surface area contributed by atoms with Gasteiger partial charge in [0.05, 0.1) is 22.4 Å². The molecule has 0 spiro atoms. The second-order valence-electron chi connectivity index (χ2n) is 7.36. The van der Waals surface area contributed by atoms with Gasteiger partial charge >= 0.3 is 0 Å². The zero-order valence-corrected chi connectivity index (χ0v) is 17.3. The number of hydrogen-bond donors (Lipinski definition) is 1. The number of rotatable bonds is 6. The third-order valence-electron chi connectivity index (χ3n) is 5.14. The van der Waals surface area contributed by atoms with E-state index in [2.05, 4.69) is 20.4 Å². The lowest BCUT2D eigenvalue weighted by Crippen LogP contribution is -2.40. The Hall–Kier alpha value is -3.30. The summed E-state index contributed by atoms with van der Waals surface area (Å²) in [5.41, 5.74) is 1.05. The van der Waals surface area contributed by atoms with Crippen molar-refractivity contribution in [3.05, 3.63) is 69.6 Å². The zero-order valence-electron chi connectivity index (χ0n) is 16.5. The van der Waals surface area contributed by atoms with Gasteiger partial charge in [-0.15, -0.1) is 0 Å². The van der Waals surface area contributed by atoms with Gasteiger partial charge < -0.3 is 9.84 Å². The molecule has 31 heavy (non-hydrogen) atoms. The van der Waals surface area contributed by atoms with Crippen molar-refractivity contribution in [2.45, 2.75) is 19.4 Å². The number of nitro benzene ring substituents is 1. The maximum Gasteiger partial charge on any atom is 0.271 e. The van der Waals surface area contributed by atoms with Gasteiger partial charge in [-0.3, -0.25) is 19.8 Å². The van der Waals surface area contributed by atoms with Gasteiger partial charge in [-0.1, -0.05) is 35.0 Å². The fraction of sp³-hybridized carbons (Fsp3) is 0.286. The number of non-ortho nitro benzene ring substituents is 1. The minimum absolute atomic E-state index is 0.0613. The van der Waals surface area contributed by atoms with Crippen LogP contribution in [0, 0.1) is 16.0 Å². The van der Waals surface area contributed by atoms with Gasteiger partial charge in [0.25, 0.3) is 5.69 Å². The summed E-state index contributed by atoms with van der Waals surface area (Å²) < 4.78 is 5.38. The molecule has 9 nitrogen and oxygen atoms in total. The van der Waals surface area contributed by atoms with Crippen LogP contribution in [0.5, 0.6) is 0 Å². The average molecular weight is 442 g/mol. The summed E-state index contributed by atoms with van der Waals surface area (Å²) in [6.07, 6.45) is 1.59. The summed E-state index contributed by atoms with van der Waals surface area (Å²) in [5.74, 6) is 0.485. The van der Waals surface area contributed by atoms with Crippen molar-refractivity contribution in [2.24, 2.45) is 5.92 Å². The standard InChI is InChI=1S/C21H20ClN5O4/c22-18-9-2-1-8-17(18)20-24-19(31-25-20)13-26-10-4-5-14(12-26)21(28)23-15-6-3-7-16(11-15)27(29)30/h1-3,6-9,11,14H,4-5,10,12-13H2,(H,23,28). The number of anilines is 1.